The van der Waals surface area contributed by atoms with Crippen LogP contribution in [0.15, 0.2) is 23.1 Å². The van der Waals surface area contributed by atoms with Crippen LogP contribution in [0, 0.1) is 6.92 Å². The molecule has 1 aromatic rings. The van der Waals surface area contributed by atoms with Crippen molar-refractivity contribution < 1.29 is 17.2 Å². The summed E-state index contributed by atoms with van der Waals surface area (Å²) in [5, 5.41) is 4.85. The third kappa shape index (κ3) is 2.27. The van der Waals surface area contributed by atoms with Gasteiger partial charge in [-0.1, -0.05) is 12.1 Å². The van der Waals surface area contributed by atoms with Gasteiger partial charge in [0.15, 0.2) is 0 Å². The Morgan fingerprint density at radius 1 is 1.36 bits per heavy atom. The Morgan fingerprint density at radius 2 is 1.93 bits per heavy atom. The third-order valence-corrected chi connectivity index (χ3v) is 2.82. The topological polar surface area (TPSA) is 60.2 Å². The maximum Gasteiger partial charge on any atom is 0.263 e. The Bertz CT molecular complexity index is 443. The molecule has 0 aliphatic heterocycles. The first kappa shape index (κ1) is 11.1. The molecule has 1 rings (SSSR count). The van der Waals surface area contributed by atoms with E-state index in [1.165, 1.54) is 19.1 Å². The largest absolute Gasteiger partial charge is 0.263 e. The molecule has 0 aliphatic rings. The van der Waals surface area contributed by atoms with Crippen LogP contribution in [0.5, 0.6) is 0 Å². The maximum absolute atomic E-state index is 12.2. The standard InChI is InChI=1S/C8H9F2NO2S/c1-5-2-3-6(8(9)10)4-7(5)14(11,12)13/h2-4,8H,1H3,(H2,11,12,13). The average molecular weight is 221 g/mol. The van der Waals surface area contributed by atoms with Crippen molar-refractivity contribution in [3.8, 4) is 0 Å². The van der Waals surface area contributed by atoms with E-state index in [-0.39, 0.29) is 10.5 Å². The van der Waals surface area contributed by atoms with E-state index in [2.05, 4.69) is 0 Å². The number of benzene rings is 1. The van der Waals surface area contributed by atoms with Crippen LogP contribution in [-0.4, -0.2) is 8.42 Å². The molecule has 0 saturated carbocycles. The molecule has 0 amide bonds. The van der Waals surface area contributed by atoms with E-state index in [4.69, 9.17) is 5.14 Å². The third-order valence-electron chi connectivity index (χ3n) is 1.77. The van der Waals surface area contributed by atoms with Crippen LogP contribution in [0.4, 0.5) is 8.78 Å². The average Bonchev–Trinajstić information content (AvgIpc) is 2.02. The molecule has 78 valence electrons. The van der Waals surface area contributed by atoms with Crippen LogP contribution in [0.2, 0.25) is 0 Å². The highest BCUT2D eigenvalue weighted by Crippen LogP contribution is 2.23. The lowest BCUT2D eigenvalue weighted by molar-refractivity contribution is 0.151. The molecule has 0 aliphatic carbocycles. The van der Waals surface area contributed by atoms with Gasteiger partial charge in [0.05, 0.1) is 4.90 Å². The van der Waals surface area contributed by atoms with Gasteiger partial charge >= 0.3 is 0 Å². The molecular formula is C8H9F2NO2S. The van der Waals surface area contributed by atoms with Gasteiger partial charge in [0.1, 0.15) is 0 Å². The van der Waals surface area contributed by atoms with Gasteiger partial charge in [0, 0.05) is 5.56 Å². The SMILES string of the molecule is Cc1ccc(C(F)F)cc1S(N)(=O)=O. The Balaban J connectivity index is 3.37. The van der Waals surface area contributed by atoms with Crippen LogP contribution in [0.1, 0.15) is 17.6 Å². The molecule has 0 aromatic heterocycles. The van der Waals surface area contributed by atoms with Gasteiger partial charge in [-0.25, -0.2) is 22.3 Å². The minimum Gasteiger partial charge on any atom is -0.225 e. The number of nitrogens with two attached hydrogens (primary N) is 1. The van der Waals surface area contributed by atoms with Gasteiger partial charge in [-0.2, -0.15) is 0 Å². The second kappa shape index (κ2) is 3.62. The van der Waals surface area contributed by atoms with E-state index in [0.717, 1.165) is 6.07 Å². The van der Waals surface area contributed by atoms with Crippen LogP contribution in [-0.2, 0) is 10.0 Å². The number of aryl methyl sites for hydroxylation is 1. The summed E-state index contributed by atoms with van der Waals surface area (Å²) in [6, 6.07) is 3.38. The zero-order valence-electron chi connectivity index (χ0n) is 7.37. The molecule has 0 atom stereocenters. The first-order chi connectivity index (χ1) is 6.32. The fourth-order valence-electron chi connectivity index (χ4n) is 1.06. The second-order valence-corrected chi connectivity index (χ2v) is 4.40. The van der Waals surface area contributed by atoms with Crippen molar-refractivity contribution in [2.75, 3.05) is 0 Å². The normalized spacial score (nSPS) is 12.1. The second-order valence-electron chi connectivity index (χ2n) is 2.87. The predicted octanol–water partition coefficient (Wildman–Crippen LogP) is 1.58. The van der Waals surface area contributed by atoms with Gasteiger partial charge in [0.25, 0.3) is 6.43 Å². The lowest BCUT2D eigenvalue weighted by Crippen LogP contribution is -2.14. The number of sulfonamides is 1. The van der Waals surface area contributed by atoms with Gasteiger partial charge < -0.3 is 0 Å². The molecule has 0 spiro atoms. The Morgan fingerprint density at radius 3 is 2.36 bits per heavy atom. The summed E-state index contributed by atoms with van der Waals surface area (Å²) in [6.07, 6.45) is -2.70. The van der Waals surface area contributed by atoms with Crippen molar-refractivity contribution in [1.82, 2.24) is 0 Å². The quantitative estimate of drug-likeness (QED) is 0.824. The molecule has 0 unspecified atom stereocenters. The molecule has 3 nitrogen and oxygen atoms in total. The van der Waals surface area contributed by atoms with Crippen molar-refractivity contribution in [1.29, 1.82) is 0 Å². The van der Waals surface area contributed by atoms with E-state index in [1.807, 2.05) is 0 Å². The molecule has 14 heavy (non-hydrogen) atoms. The highest BCUT2D eigenvalue weighted by Gasteiger charge is 2.15. The van der Waals surface area contributed by atoms with E-state index in [9.17, 15) is 17.2 Å². The van der Waals surface area contributed by atoms with Gasteiger partial charge in [-0.3, -0.25) is 0 Å². The van der Waals surface area contributed by atoms with Crippen molar-refractivity contribution in [3.63, 3.8) is 0 Å². The molecule has 0 saturated heterocycles. The predicted molar refractivity (Wildman–Crippen MR) is 47.5 cm³/mol. The van der Waals surface area contributed by atoms with E-state index in [1.54, 1.807) is 0 Å². The number of hydrogen-bond acceptors (Lipinski definition) is 2. The first-order valence-electron chi connectivity index (χ1n) is 3.74. The molecule has 2 N–H and O–H groups in total. The molecule has 0 radical (unpaired) electrons. The molecular weight excluding hydrogens is 212 g/mol. The highest BCUT2D eigenvalue weighted by molar-refractivity contribution is 7.89. The minimum atomic E-state index is -3.92. The van der Waals surface area contributed by atoms with Crippen LogP contribution < -0.4 is 5.14 Å². The Kier molecular flexibility index (Phi) is 2.86. The summed E-state index contributed by atoms with van der Waals surface area (Å²) in [5.41, 5.74) is 0.0107. The maximum atomic E-state index is 12.2. The van der Waals surface area contributed by atoms with E-state index >= 15 is 0 Å². The summed E-state index contributed by atoms with van der Waals surface area (Å²) < 4.78 is 46.4. The van der Waals surface area contributed by atoms with Crippen molar-refractivity contribution in [2.45, 2.75) is 18.2 Å². The number of rotatable bonds is 2. The van der Waals surface area contributed by atoms with Gasteiger partial charge in [0.2, 0.25) is 10.0 Å². The van der Waals surface area contributed by atoms with Gasteiger partial charge in [-0.15, -0.1) is 0 Å². The fourth-order valence-corrected chi connectivity index (χ4v) is 1.88. The molecule has 1 aromatic carbocycles. The lowest BCUT2D eigenvalue weighted by Gasteiger charge is -2.05. The molecule has 0 fully saturated rings. The monoisotopic (exact) mass is 221 g/mol. The molecule has 6 heteroatoms. The smallest absolute Gasteiger partial charge is 0.225 e. The zero-order chi connectivity index (χ0) is 10.9. The van der Waals surface area contributed by atoms with Crippen molar-refractivity contribution in [2.24, 2.45) is 5.14 Å². The summed E-state index contributed by atoms with van der Waals surface area (Å²) in [6.45, 7) is 1.50. The zero-order valence-corrected chi connectivity index (χ0v) is 8.18. The van der Waals surface area contributed by atoms with Gasteiger partial charge in [-0.05, 0) is 18.6 Å². The number of primary sulfonamides is 1. The Hall–Kier alpha value is -1.01. The summed E-state index contributed by atoms with van der Waals surface area (Å²) >= 11 is 0. The highest BCUT2D eigenvalue weighted by atomic mass is 32.2. The summed E-state index contributed by atoms with van der Waals surface area (Å²) in [5.74, 6) is 0. The molecule has 0 bridgehead atoms. The van der Waals surface area contributed by atoms with Crippen LogP contribution >= 0.6 is 0 Å². The van der Waals surface area contributed by atoms with Crippen LogP contribution in [0.3, 0.4) is 0 Å². The Labute approximate surface area is 80.6 Å². The van der Waals surface area contributed by atoms with Crippen molar-refractivity contribution in [3.05, 3.63) is 29.3 Å². The number of hydrogen-bond donors (Lipinski definition) is 1. The minimum absolute atomic E-state index is 0.254. The summed E-state index contributed by atoms with van der Waals surface area (Å²) in [4.78, 5) is -0.254. The van der Waals surface area contributed by atoms with Crippen molar-refractivity contribution >= 4 is 10.0 Å². The number of halogens is 2. The molecule has 0 heterocycles. The lowest BCUT2D eigenvalue weighted by atomic mass is 10.1. The number of alkyl halides is 2. The van der Waals surface area contributed by atoms with E-state index in [0.29, 0.717) is 5.56 Å². The summed E-state index contributed by atoms with van der Waals surface area (Å²) in [7, 11) is -3.92. The van der Waals surface area contributed by atoms with E-state index < -0.39 is 16.4 Å². The first-order valence-corrected chi connectivity index (χ1v) is 5.28. The van der Waals surface area contributed by atoms with Crippen LogP contribution in [0.25, 0.3) is 0 Å². The fraction of sp³-hybridized carbons (Fsp3) is 0.250.